The molecule has 282 valence electrons. The highest BCUT2D eigenvalue weighted by Crippen LogP contribution is 2.61. The fourth-order valence-electron chi connectivity index (χ4n) is 11.5. The Morgan fingerprint density at radius 2 is 1.22 bits per heavy atom. The van der Waals surface area contributed by atoms with Crippen LogP contribution in [0.2, 0.25) is 0 Å². The highest BCUT2D eigenvalue weighted by Gasteiger charge is 2.56. The molecule has 5 N–H and O–H groups in total. The van der Waals surface area contributed by atoms with Gasteiger partial charge in [0.1, 0.15) is 6.04 Å². The van der Waals surface area contributed by atoms with Gasteiger partial charge in [0.15, 0.2) is 0 Å². The largest absolute Gasteiger partial charge is 0.478 e. The molecule has 7 aliphatic carbocycles. The first-order valence-electron chi connectivity index (χ1n) is 19.2. The first-order valence-corrected chi connectivity index (χ1v) is 20.2. The van der Waals surface area contributed by atoms with Crippen LogP contribution in [0.25, 0.3) is 0 Å². The molecule has 2 unspecified atom stereocenters. The zero-order valence-electron chi connectivity index (χ0n) is 30.2. The molecule has 4 saturated carbocycles. The first-order chi connectivity index (χ1) is 26.6. The van der Waals surface area contributed by atoms with Gasteiger partial charge >= 0.3 is 11.9 Å². The van der Waals surface area contributed by atoms with Crippen molar-refractivity contribution in [2.75, 3.05) is 11.9 Å². The van der Waals surface area contributed by atoms with Gasteiger partial charge in [-0.3, -0.25) is 14.4 Å². The third-order valence-electron chi connectivity index (χ3n) is 13.2. The van der Waals surface area contributed by atoms with Crippen molar-refractivity contribution in [3.05, 3.63) is 123 Å². The van der Waals surface area contributed by atoms with Crippen LogP contribution >= 0.6 is 11.3 Å². The molecule has 11 heteroatoms. The average molecular weight is 758 g/mol. The number of carboxylic acid groups (broad SMARTS) is 2. The standard InChI is InChI=1S/C44H43N3O7S/c48-39(46-29-16-27(42(51)52)15-28(17-29)43(53)54)34(14-23-9-10-55-21-23)47-41(50)38-36-32-7-3-1-5-30(32)35(31-6-2-4-8-33(31)36)37(38)40(49)45-22-44-18-24-11-25(19-44)13-26(12-24)20-44/h1-10,15-17,21,24-26,34-38H,11-14,18-20,22H2,(H,45,49)(H,46,48)(H,47,50)(H,51,52)(H,53,54)/t24?,25?,26?,34-,35?,36?,37?,38?,44?/m0/s1. The summed E-state index contributed by atoms with van der Waals surface area (Å²) in [5.74, 6) is -4.01. The number of thiophene rings is 1. The number of hydrogen-bond acceptors (Lipinski definition) is 6. The molecule has 10 nitrogen and oxygen atoms in total. The van der Waals surface area contributed by atoms with Gasteiger partial charge in [-0.05, 0) is 125 Å². The molecule has 4 fully saturated rings. The van der Waals surface area contributed by atoms with Crippen LogP contribution in [0.1, 0.15) is 98.9 Å². The van der Waals surface area contributed by atoms with Crippen molar-refractivity contribution < 1.29 is 34.2 Å². The molecule has 7 aliphatic rings. The van der Waals surface area contributed by atoms with Crippen molar-refractivity contribution in [1.82, 2.24) is 10.6 Å². The maximum absolute atomic E-state index is 15.0. The van der Waals surface area contributed by atoms with Gasteiger partial charge in [-0.1, -0.05) is 48.5 Å². The maximum atomic E-state index is 15.0. The molecule has 55 heavy (non-hydrogen) atoms. The molecule has 0 saturated heterocycles. The van der Waals surface area contributed by atoms with Crippen molar-refractivity contribution in [3.63, 3.8) is 0 Å². The minimum Gasteiger partial charge on any atom is -0.478 e. The fraction of sp³-hybridized carbons (Fsp3) is 0.386. The van der Waals surface area contributed by atoms with E-state index in [9.17, 15) is 29.4 Å². The lowest BCUT2D eigenvalue weighted by molar-refractivity contribution is -0.139. The summed E-state index contributed by atoms with van der Waals surface area (Å²) >= 11 is 1.45. The van der Waals surface area contributed by atoms with E-state index < -0.39 is 47.5 Å². The fourth-order valence-corrected chi connectivity index (χ4v) is 12.2. The van der Waals surface area contributed by atoms with Crippen LogP contribution in [0, 0.1) is 35.0 Å². The summed E-state index contributed by atoms with van der Waals surface area (Å²) in [6.45, 7) is 0.609. The van der Waals surface area contributed by atoms with E-state index in [1.54, 1.807) is 0 Å². The third-order valence-corrected chi connectivity index (χ3v) is 13.9. The van der Waals surface area contributed by atoms with E-state index in [0.29, 0.717) is 6.54 Å². The Labute approximate surface area is 322 Å². The van der Waals surface area contributed by atoms with Crippen LogP contribution in [0.4, 0.5) is 5.69 Å². The van der Waals surface area contributed by atoms with Crippen LogP contribution in [0.15, 0.2) is 83.6 Å². The van der Waals surface area contributed by atoms with E-state index in [-0.39, 0.29) is 40.5 Å². The van der Waals surface area contributed by atoms with Gasteiger partial charge in [0.25, 0.3) is 0 Å². The molecule has 11 rings (SSSR count). The molecule has 3 atom stereocenters. The van der Waals surface area contributed by atoms with E-state index in [1.807, 2.05) is 53.2 Å². The Hall–Kier alpha value is -5.29. The van der Waals surface area contributed by atoms with Gasteiger partial charge in [0.05, 0.1) is 23.0 Å². The van der Waals surface area contributed by atoms with Crippen molar-refractivity contribution in [3.8, 4) is 0 Å². The van der Waals surface area contributed by atoms with Gasteiger partial charge in [-0.15, -0.1) is 0 Å². The number of aromatic carboxylic acids is 2. The number of rotatable bonds is 11. The highest BCUT2D eigenvalue weighted by molar-refractivity contribution is 7.07. The summed E-state index contributed by atoms with van der Waals surface area (Å²) in [5.41, 5.74) is 4.39. The third kappa shape index (κ3) is 6.42. The summed E-state index contributed by atoms with van der Waals surface area (Å²) < 4.78 is 0. The number of carboxylic acids is 2. The lowest BCUT2D eigenvalue weighted by Crippen LogP contribution is -2.57. The molecule has 1 aromatic heterocycles. The van der Waals surface area contributed by atoms with Crippen LogP contribution in [-0.2, 0) is 20.8 Å². The Morgan fingerprint density at radius 1 is 0.709 bits per heavy atom. The monoisotopic (exact) mass is 757 g/mol. The first kappa shape index (κ1) is 35.4. The quantitative estimate of drug-likeness (QED) is 0.114. The number of amides is 3. The van der Waals surface area contributed by atoms with Gasteiger partial charge in [0.2, 0.25) is 17.7 Å². The second-order valence-electron chi connectivity index (χ2n) is 16.7. The minimum atomic E-state index is -1.35. The summed E-state index contributed by atoms with van der Waals surface area (Å²) in [7, 11) is 0. The lowest BCUT2D eigenvalue weighted by Gasteiger charge is -2.57. The van der Waals surface area contributed by atoms with Crippen molar-refractivity contribution in [2.24, 2.45) is 35.0 Å². The maximum Gasteiger partial charge on any atom is 0.335 e. The van der Waals surface area contributed by atoms with Gasteiger partial charge in [0, 0.05) is 30.5 Å². The number of fused-ring (bicyclic) bond motifs is 1. The number of benzene rings is 3. The Kier molecular flexibility index (Phi) is 8.87. The normalized spacial score (nSPS) is 28.4. The smallest absolute Gasteiger partial charge is 0.335 e. The zero-order chi connectivity index (χ0) is 38.0. The van der Waals surface area contributed by atoms with E-state index in [1.165, 1.54) is 42.7 Å². The van der Waals surface area contributed by atoms with Crippen LogP contribution in [0.3, 0.4) is 0 Å². The molecule has 0 aliphatic heterocycles. The van der Waals surface area contributed by atoms with Gasteiger partial charge in [-0.2, -0.15) is 11.3 Å². The summed E-state index contributed by atoms with van der Waals surface area (Å²) in [4.78, 5) is 67.6. The second-order valence-corrected chi connectivity index (χ2v) is 17.5. The topological polar surface area (TPSA) is 162 Å². The molecule has 0 spiro atoms. The number of carbonyl (C=O) groups excluding carboxylic acids is 3. The molecule has 0 radical (unpaired) electrons. The Morgan fingerprint density at radius 3 is 1.69 bits per heavy atom. The van der Waals surface area contributed by atoms with Crippen LogP contribution in [0.5, 0.6) is 0 Å². The Balaban J connectivity index is 1.05. The summed E-state index contributed by atoms with van der Waals surface area (Å²) in [6.07, 6.45) is 7.49. The average Bonchev–Trinajstić information content (AvgIpc) is 3.69. The van der Waals surface area contributed by atoms with E-state index in [0.717, 1.165) is 70.9 Å². The minimum absolute atomic E-state index is 0.0200. The molecule has 3 amide bonds. The predicted molar refractivity (Wildman–Crippen MR) is 206 cm³/mol. The van der Waals surface area contributed by atoms with E-state index >= 15 is 4.79 Å². The van der Waals surface area contributed by atoms with Crippen LogP contribution in [-0.4, -0.2) is 52.5 Å². The van der Waals surface area contributed by atoms with Gasteiger partial charge in [-0.25, -0.2) is 9.59 Å². The number of anilines is 1. The Bertz CT molecular complexity index is 2100. The summed E-state index contributed by atoms with van der Waals surface area (Å²) in [5, 5.41) is 32.2. The van der Waals surface area contributed by atoms with Crippen molar-refractivity contribution in [1.29, 1.82) is 0 Å². The van der Waals surface area contributed by atoms with E-state index in [4.69, 9.17) is 0 Å². The second kappa shape index (κ2) is 13.8. The van der Waals surface area contributed by atoms with Gasteiger partial charge < -0.3 is 26.2 Å². The molecular weight excluding hydrogens is 715 g/mol. The number of carbonyl (C=O) groups is 5. The molecule has 3 aromatic carbocycles. The molecular formula is C44H43N3O7S. The van der Waals surface area contributed by atoms with Crippen molar-refractivity contribution in [2.45, 2.75) is 62.8 Å². The van der Waals surface area contributed by atoms with Crippen molar-refractivity contribution >= 4 is 46.7 Å². The zero-order valence-corrected chi connectivity index (χ0v) is 31.0. The van der Waals surface area contributed by atoms with Crippen LogP contribution < -0.4 is 16.0 Å². The highest BCUT2D eigenvalue weighted by atomic mass is 32.1. The molecule has 4 aromatic rings. The number of hydrogen-bond donors (Lipinski definition) is 5. The number of nitrogens with one attached hydrogen (secondary N) is 3. The lowest BCUT2D eigenvalue weighted by atomic mass is 9.49. The SMILES string of the molecule is O=C(O)c1cc(NC(=O)[C@H](Cc2ccsc2)NC(=O)C2C3c4ccccc4C(c4ccccc43)C2C(=O)NCC23CC4CC(CC(C4)C2)C3)cc(C(=O)O)c1. The van der Waals surface area contributed by atoms with E-state index in [2.05, 4.69) is 28.1 Å². The molecule has 1 heterocycles. The summed E-state index contributed by atoms with van der Waals surface area (Å²) in [6, 6.07) is 20.2. The predicted octanol–water partition coefficient (Wildman–Crippen LogP) is 6.67. The molecule has 6 bridgehead atoms.